The Hall–Kier alpha value is -4.65. The van der Waals surface area contributed by atoms with E-state index in [1.807, 2.05) is 0 Å². The summed E-state index contributed by atoms with van der Waals surface area (Å²) in [5, 5.41) is 30.0. The van der Waals surface area contributed by atoms with E-state index < -0.39 is 11.5 Å². The minimum atomic E-state index is -0.581. The molecule has 208 valence electrons. The number of nitrogens with one attached hydrogen (secondary N) is 1. The number of aromatic hydroxyl groups is 2. The Labute approximate surface area is 223 Å². The van der Waals surface area contributed by atoms with E-state index in [0.29, 0.717) is 31.7 Å². The van der Waals surface area contributed by atoms with Gasteiger partial charge in [0.1, 0.15) is 39.8 Å². The third-order valence-corrected chi connectivity index (χ3v) is 5.71. The molecule has 13 heteroatoms. The summed E-state index contributed by atoms with van der Waals surface area (Å²) >= 11 is 0. The number of hydrogen-bond acceptors (Lipinski definition) is 11. The van der Waals surface area contributed by atoms with Crippen LogP contribution in [-0.4, -0.2) is 62.5 Å². The molecule has 0 atom stereocenters. The number of nitroso groups, excluding NO2 is 1. The molecule has 4 rings (SSSR count). The van der Waals surface area contributed by atoms with Crippen molar-refractivity contribution in [1.82, 2.24) is 15.4 Å². The molecule has 0 aliphatic carbocycles. The van der Waals surface area contributed by atoms with Crippen molar-refractivity contribution in [3.05, 3.63) is 53.1 Å². The Kier molecular flexibility index (Phi) is 8.76. The van der Waals surface area contributed by atoms with Gasteiger partial charge in [0.25, 0.3) is 5.91 Å². The van der Waals surface area contributed by atoms with Crippen molar-refractivity contribution < 1.29 is 39.3 Å². The smallest absolute Gasteiger partial charge is 0.410 e. The Morgan fingerprint density at radius 2 is 1.77 bits per heavy atom. The van der Waals surface area contributed by atoms with E-state index in [2.05, 4.69) is 15.7 Å². The number of phenols is 2. The molecule has 0 radical (unpaired) electrons. The van der Waals surface area contributed by atoms with Gasteiger partial charge in [0.2, 0.25) is 0 Å². The zero-order valence-corrected chi connectivity index (χ0v) is 21.6. The van der Waals surface area contributed by atoms with Crippen LogP contribution in [-0.2, 0) is 4.74 Å². The summed E-state index contributed by atoms with van der Waals surface area (Å²) in [7, 11) is 0. The molecular weight excluding hydrogens is 512 g/mol. The maximum absolute atomic E-state index is 12.8. The fraction of sp³-hybridized carbons (Fsp3) is 0.346. The standard InChI is InChI=1S/C26H28N4O8.H2O/c1-26(2,3)37-25(34)30-10-8-15(9-11-30)27-24(33)19-14-22(38-29-19)23-20(32)12-17(31)13-21(23)36-18-6-4-16(28-35)5-7-18;/h4-7,12-15,31-32H,8-11H2,1-3H3,(H,27,33);1H2/p-1. The molecule has 1 aliphatic rings. The Morgan fingerprint density at radius 3 is 2.38 bits per heavy atom. The van der Waals surface area contributed by atoms with E-state index in [4.69, 9.17) is 14.0 Å². The predicted octanol–water partition coefficient (Wildman–Crippen LogP) is 4.90. The third-order valence-electron chi connectivity index (χ3n) is 5.71. The van der Waals surface area contributed by atoms with Crippen molar-refractivity contribution in [2.75, 3.05) is 13.1 Å². The van der Waals surface area contributed by atoms with Gasteiger partial charge in [-0.3, -0.25) is 4.79 Å². The molecule has 1 fully saturated rings. The first-order chi connectivity index (χ1) is 18.0. The van der Waals surface area contributed by atoms with Gasteiger partial charge in [0.05, 0.1) is 0 Å². The summed E-state index contributed by atoms with van der Waals surface area (Å²) in [4.78, 5) is 37.3. The van der Waals surface area contributed by atoms with Crippen LogP contribution in [0.1, 0.15) is 44.1 Å². The van der Waals surface area contributed by atoms with Crippen molar-refractivity contribution in [3.8, 4) is 34.3 Å². The van der Waals surface area contributed by atoms with Gasteiger partial charge in [-0.15, -0.1) is 4.91 Å². The number of likely N-dealkylation sites (tertiary alicyclic amines) is 1. The van der Waals surface area contributed by atoms with E-state index in [0.717, 1.165) is 6.07 Å². The predicted molar refractivity (Wildman–Crippen MR) is 137 cm³/mol. The van der Waals surface area contributed by atoms with Crippen LogP contribution in [0.5, 0.6) is 23.0 Å². The van der Waals surface area contributed by atoms with Crippen molar-refractivity contribution in [2.45, 2.75) is 45.3 Å². The normalized spacial score (nSPS) is 13.8. The number of rotatable bonds is 6. The Morgan fingerprint density at radius 1 is 1.10 bits per heavy atom. The van der Waals surface area contributed by atoms with Gasteiger partial charge in [-0.25, -0.2) is 4.79 Å². The minimum Gasteiger partial charge on any atom is -0.870 e. The van der Waals surface area contributed by atoms with Crippen molar-refractivity contribution in [1.29, 1.82) is 0 Å². The third kappa shape index (κ3) is 7.23. The van der Waals surface area contributed by atoms with Crippen molar-refractivity contribution in [2.24, 2.45) is 5.18 Å². The fourth-order valence-corrected chi connectivity index (χ4v) is 3.91. The van der Waals surface area contributed by atoms with Crippen LogP contribution in [0.25, 0.3) is 11.3 Å². The first-order valence-electron chi connectivity index (χ1n) is 12.0. The van der Waals surface area contributed by atoms with Crippen LogP contribution in [0.15, 0.2) is 52.2 Å². The van der Waals surface area contributed by atoms with Gasteiger partial charge >= 0.3 is 6.09 Å². The van der Waals surface area contributed by atoms with Crippen LogP contribution in [0, 0.1) is 4.91 Å². The minimum absolute atomic E-state index is 0. The molecule has 2 aromatic carbocycles. The van der Waals surface area contributed by atoms with Crippen LogP contribution < -0.4 is 10.1 Å². The maximum atomic E-state index is 12.8. The van der Waals surface area contributed by atoms with Gasteiger partial charge in [-0.2, -0.15) is 0 Å². The van der Waals surface area contributed by atoms with Crippen LogP contribution in [0.2, 0.25) is 0 Å². The largest absolute Gasteiger partial charge is 0.870 e. The van der Waals surface area contributed by atoms with Crippen molar-refractivity contribution in [3.63, 3.8) is 0 Å². The lowest BCUT2D eigenvalue weighted by atomic mass is 10.0. The van der Waals surface area contributed by atoms with E-state index in [1.54, 1.807) is 25.7 Å². The van der Waals surface area contributed by atoms with Gasteiger partial charge in [0.15, 0.2) is 11.5 Å². The van der Waals surface area contributed by atoms with Crippen LogP contribution in [0.4, 0.5) is 10.5 Å². The average Bonchev–Trinajstić information content (AvgIpc) is 3.33. The number of carbonyl (C=O) groups excluding carboxylic acids is 2. The summed E-state index contributed by atoms with van der Waals surface area (Å²) in [6, 6.07) is 9.42. The van der Waals surface area contributed by atoms with Gasteiger partial charge in [-0.1, -0.05) is 5.16 Å². The number of amides is 2. The van der Waals surface area contributed by atoms with Crippen molar-refractivity contribution >= 4 is 17.7 Å². The molecule has 39 heavy (non-hydrogen) atoms. The zero-order chi connectivity index (χ0) is 27.4. The first kappa shape index (κ1) is 28.9. The molecule has 0 bridgehead atoms. The zero-order valence-electron chi connectivity index (χ0n) is 21.6. The molecule has 13 nitrogen and oxygen atoms in total. The fourth-order valence-electron chi connectivity index (χ4n) is 3.91. The van der Waals surface area contributed by atoms with Crippen LogP contribution in [0.3, 0.4) is 0 Å². The number of nitrogens with zero attached hydrogens (tertiary/aromatic N) is 3. The highest BCUT2D eigenvalue weighted by Crippen LogP contribution is 2.43. The number of aromatic nitrogens is 1. The average molecular weight is 542 g/mol. The first-order valence-corrected chi connectivity index (χ1v) is 12.0. The molecule has 0 spiro atoms. The molecule has 0 unspecified atom stereocenters. The lowest BCUT2D eigenvalue weighted by Crippen LogP contribution is -2.47. The highest BCUT2D eigenvalue weighted by Gasteiger charge is 2.28. The lowest BCUT2D eigenvalue weighted by molar-refractivity contribution is 0.0199. The number of hydrogen-bond donors (Lipinski definition) is 3. The molecule has 2 amide bonds. The van der Waals surface area contributed by atoms with Gasteiger partial charge in [0, 0.05) is 37.3 Å². The summed E-state index contributed by atoms with van der Waals surface area (Å²) in [6.07, 6.45) is 0.710. The Bertz CT molecular complexity index is 1320. The number of phenolic OH excluding ortho intramolecular Hbond substituents is 2. The molecule has 4 N–H and O–H groups in total. The summed E-state index contributed by atoms with van der Waals surface area (Å²) in [5.74, 6) is -0.723. The molecule has 2 heterocycles. The van der Waals surface area contributed by atoms with E-state index >= 15 is 0 Å². The topological polar surface area (TPSA) is 194 Å². The van der Waals surface area contributed by atoms with E-state index in [1.165, 1.54) is 36.4 Å². The highest BCUT2D eigenvalue weighted by atomic mass is 16.6. The van der Waals surface area contributed by atoms with E-state index in [-0.39, 0.29) is 57.6 Å². The number of carbonyl (C=O) groups is 2. The SMILES string of the molecule is CC(C)(C)OC(=O)N1CCC(NC(=O)c2cc(-c3c(O)cc(O)cc3Oc3ccc(N=O)cc3)on2)CC1.[OH-]. The summed E-state index contributed by atoms with van der Waals surface area (Å²) in [5.41, 5.74) is -0.327. The number of benzene rings is 2. The Balaban J connectivity index is 0.00000420. The van der Waals surface area contributed by atoms with Gasteiger partial charge < -0.3 is 39.9 Å². The van der Waals surface area contributed by atoms with Gasteiger partial charge in [-0.05, 0) is 63.1 Å². The summed E-state index contributed by atoms with van der Waals surface area (Å²) in [6.45, 7) is 6.30. The van der Waals surface area contributed by atoms with E-state index in [9.17, 15) is 24.7 Å². The maximum Gasteiger partial charge on any atom is 0.410 e. The second-order valence-electron chi connectivity index (χ2n) is 9.82. The monoisotopic (exact) mass is 541 g/mol. The highest BCUT2D eigenvalue weighted by molar-refractivity contribution is 5.93. The van der Waals surface area contributed by atoms with Crippen LogP contribution >= 0.6 is 0 Å². The molecule has 0 saturated carbocycles. The second-order valence-corrected chi connectivity index (χ2v) is 9.82. The number of piperidine rings is 1. The quantitative estimate of drug-likeness (QED) is 0.361. The lowest BCUT2D eigenvalue weighted by Gasteiger charge is -2.33. The molecule has 1 aromatic heterocycles. The second kappa shape index (κ2) is 11.8. The summed E-state index contributed by atoms with van der Waals surface area (Å²) < 4.78 is 16.5. The molecular formula is C26H29N4O9-. The molecule has 1 aliphatic heterocycles. The molecule has 1 saturated heterocycles. The number of ether oxygens (including phenoxy) is 2. The molecule has 3 aromatic rings.